The van der Waals surface area contributed by atoms with Crippen LogP contribution in [0.4, 0.5) is 5.69 Å². The molecule has 9 heteroatoms. The van der Waals surface area contributed by atoms with Crippen LogP contribution < -0.4 is 10.6 Å². The molecule has 0 saturated carbocycles. The van der Waals surface area contributed by atoms with Crippen LogP contribution in [0.25, 0.3) is 10.1 Å². The predicted molar refractivity (Wildman–Crippen MR) is 113 cm³/mol. The van der Waals surface area contributed by atoms with Gasteiger partial charge in [-0.25, -0.2) is 4.79 Å². The Bertz CT molecular complexity index is 1050. The number of benzene rings is 2. The molecule has 2 N–H and O–H groups in total. The van der Waals surface area contributed by atoms with Gasteiger partial charge in [-0.3, -0.25) is 10.1 Å². The van der Waals surface area contributed by atoms with Gasteiger partial charge in [0.1, 0.15) is 4.88 Å². The molecule has 1 aromatic heterocycles. The molecule has 5 nitrogen and oxygen atoms in total. The van der Waals surface area contributed by atoms with Gasteiger partial charge in [0, 0.05) is 20.8 Å². The van der Waals surface area contributed by atoms with E-state index in [0.29, 0.717) is 26.2 Å². The number of carbonyl (C=O) groups is 2. The number of anilines is 1. The first-order chi connectivity index (χ1) is 12.9. The Morgan fingerprint density at radius 3 is 2.48 bits per heavy atom. The minimum Gasteiger partial charge on any atom is -0.465 e. The van der Waals surface area contributed by atoms with Crippen molar-refractivity contribution < 1.29 is 14.3 Å². The predicted octanol–water partition coefficient (Wildman–Crippen LogP) is 5.12. The maximum atomic E-state index is 12.5. The first-order valence-electron chi connectivity index (χ1n) is 7.57. The lowest BCUT2D eigenvalue weighted by Gasteiger charge is -2.09. The van der Waals surface area contributed by atoms with Gasteiger partial charge >= 0.3 is 5.97 Å². The minimum atomic E-state index is -0.433. The van der Waals surface area contributed by atoms with E-state index in [1.54, 1.807) is 42.5 Å². The SMILES string of the molecule is COC(=O)c1ccc(NC(=S)NC(=O)c2sc3cc(Cl)ccc3c2Cl)cc1. The summed E-state index contributed by atoms with van der Waals surface area (Å²) in [6, 6.07) is 11.7. The van der Waals surface area contributed by atoms with Crippen LogP contribution in [0.15, 0.2) is 42.5 Å². The molecule has 0 aliphatic rings. The molecule has 1 amide bonds. The van der Waals surface area contributed by atoms with Crippen molar-refractivity contribution in [2.24, 2.45) is 0 Å². The number of halogens is 2. The summed E-state index contributed by atoms with van der Waals surface area (Å²) in [6.45, 7) is 0. The fraction of sp³-hybridized carbons (Fsp3) is 0.0556. The van der Waals surface area contributed by atoms with E-state index < -0.39 is 11.9 Å². The largest absolute Gasteiger partial charge is 0.465 e. The van der Waals surface area contributed by atoms with Crippen molar-refractivity contribution in [2.75, 3.05) is 12.4 Å². The van der Waals surface area contributed by atoms with Crippen LogP contribution in [-0.4, -0.2) is 24.1 Å². The summed E-state index contributed by atoms with van der Waals surface area (Å²) in [4.78, 5) is 24.3. The maximum absolute atomic E-state index is 12.5. The van der Waals surface area contributed by atoms with E-state index in [-0.39, 0.29) is 5.11 Å². The molecule has 3 aromatic rings. The number of thiophene rings is 1. The number of ether oxygens (including phenoxy) is 1. The number of carbonyl (C=O) groups excluding carboxylic acids is 2. The molecule has 3 rings (SSSR count). The van der Waals surface area contributed by atoms with Gasteiger partial charge in [-0.15, -0.1) is 11.3 Å². The Morgan fingerprint density at radius 1 is 1.11 bits per heavy atom. The number of amides is 1. The van der Waals surface area contributed by atoms with Crippen LogP contribution in [-0.2, 0) is 4.74 Å². The van der Waals surface area contributed by atoms with E-state index in [9.17, 15) is 9.59 Å². The number of rotatable bonds is 3. The highest BCUT2D eigenvalue weighted by molar-refractivity contribution is 7.80. The van der Waals surface area contributed by atoms with Crippen LogP contribution in [0.5, 0.6) is 0 Å². The molecule has 0 aliphatic heterocycles. The molecule has 27 heavy (non-hydrogen) atoms. The second-order valence-corrected chi connectivity index (χ2v) is 7.64. The van der Waals surface area contributed by atoms with Gasteiger partial charge < -0.3 is 10.1 Å². The molecule has 0 bridgehead atoms. The normalized spacial score (nSPS) is 10.5. The van der Waals surface area contributed by atoms with Gasteiger partial charge in [-0.1, -0.05) is 29.3 Å². The molecular formula is C18H12Cl2N2O3S2. The summed E-state index contributed by atoms with van der Waals surface area (Å²) in [5.74, 6) is -0.849. The Kier molecular flexibility index (Phi) is 5.96. The highest BCUT2D eigenvalue weighted by atomic mass is 35.5. The van der Waals surface area contributed by atoms with Gasteiger partial charge in [0.25, 0.3) is 5.91 Å². The Morgan fingerprint density at radius 2 is 1.81 bits per heavy atom. The number of methoxy groups -OCH3 is 1. The third-order valence-corrected chi connectivity index (χ3v) is 5.68. The monoisotopic (exact) mass is 438 g/mol. The smallest absolute Gasteiger partial charge is 0.337 e. The number of thiocarbonyl (C=S) groups is 1. The Labute approximate surface area is 174 Å². The summed E-state index contributed by atoms with van der Waals surface area (Å²) in [7, 11) is 1.31. The Hall–Kier alpha value is -2.19. The van der Waals surface area contributed by atoms with Gasteiger partial charge in [-0.2, -0.15) is 0 Å². The summed E-state index contributed by atoms with van der Waals surface area (Å²) in [6.07, 6.45) is 0. The number of nitrogens with one attached hydrogen (secondary N) is 2. The van der Waals surface area contributed by atoms with Crippen LogP contribution in [0.3, 0.4) is 0 Å². The van der Waals surface area contributed by atoms with Crippen molar-refractivity contribution in [3.63, 3.8) is 0 Å². The van der Waals surface area contributed by atoms with Crippen molar-refractivity contribution in [2.45, 2.75) is 0 Å². The average Bonchev–Trinajstić information content (AvgIpc) is 2.97. The maximum Gasteiger partial charge on any atom is 0.337 e. The number of hydrogen-bond donors (Lipinski definition) is 2. The third-order valence-electron chi connectivity index (χ3n) is 3.59. The lowest BCUT2D eigenvalue weighted by atomic mass is 10.2. The highest BCUT2D eigenvalue weighted by Gasteiger charge is 2.18. The van der Waals surface area contributed by atoms with Crippen molar-refractivity contribution in [3.8, 4) is 0 Å². The van der Waals surface area contributed by atoms with Gasteiger partial charge in [0.05, 0.1) is 17.7 Å². The fourth-order valence-corrected chi connectivity index (χ4v) is 4.21. The van der Waals surface area contributed by atoms with Crippen LogP contribution in [0, 0.1) is 0 Å². The van der Waals surface area contributed by atoms with Gasteiger partial charge in [-0.05, 0) is 48.6 Å². The van der Waals surface area contributed by atoms with Gasteiger partial charge in [0.2, 0.25) is 0 Å². The van der Waals surface area contributed by atoms with E-state index in [1.807, 2.05) is 0 Å². The molecule has 0 atom stereocenters. The summed E-state index contributed by atoms with van der Waals surface area (Å²) < 4.78 is 5.46. The Balaban J connectivity index is 1.70. The molecule has 0 radical (unpaired) electrons. The van der Waals surface area contributed by atoms with Crippen LogP contribution in [0.2, 0.25) is 10.0 Å². The molecule has 138 valence electrons. The van der Waals surface area contributed by atoms with E-state index in [0.717, 1.165) is 10.1 Å². The standard InChI is InChI=1S/C18H12Cl2N2O3S2/c1-25-17(24)9-2-5-11(6-3-9)21-18(26)22-16(23)15-14(20)12-7-4-10(19)8-13(12)27-15/h2-8H,1H3,(H2,21,22,23,26). The van der Waals surface area contributed by atoms with Crippen molar-refractivity contribution in [1.82, 2.24) is 5.32 Å². The number of esters is 1. The summed E-state index contributed by atoms with van der Waals surface area (Å²) in [5.41, 5.74) is 1.02. The number of fused-ring (bicyclic) bond motifs is 1. The summed E-state index contributed by atoms with van der Waals surface area (Å²) >= 11 is 18.7. The molecule has 1 heterocycles. The first kappa shape index (κ1) is 19.6. The average molecular weight is 439 g/mol. The zero-order valence-corrected chi connectivity index (χ0v) is 17.0. The summed E-state index contributed by atoms with van der Waals surface area (Å²) in [5, 5.41) is 7.26. The lowest BCUT2D eigenvalue weighted by Crippen LogP contribution is -2.33. The van der Waals surface area contributed by atoms with Crippen LogP contribution >= 0.6 is 46.8 Å². The second-order valence-electron chi connectivity index (χ2n) is 5.36. The first-order valence-corrected chi connectivity index (χ1v) is 9.55. The minimum absolute atomic E-state index is 0.109. The molecule has 2 aromatic carbocycles. The molecular weight excluding hydrogens is 427 g/mol. The van der Waals surface area contributed by atoms with Crippen molar-refractivity contribution in [3.05, 3.63) is 63.0 Å². The third kappa shape index (κ3) is 4.39. The van der Waals surface area contributed by atoms with Crippen LogP contribution in [0.1, 0.15) is 20.0 Å². The van der Waals surface area contributed by atoms with E-state index >= 15 is 0 Å². The zero-order valence-electron chi connectivity index (χ0n) is 13.8. The van der Waals surface area contributed by atoms with Gasteiger partial charge in [0.15, 0.2) is 5.11 Å². The molecule has 0 unspecified atom stereocenters. The zero-order chi connectivity index (χ0) is 19.6. The quantitative estimate of drug-likeness (QED) is 0.438. The molecule has 0 aliphatic carbocycles. The molecule has 0 spiro atoms. The molecule has 0 fully saturated rings. The fourth-order valence-electron chi connectivity index (χ4n) is 2.31. The number of hydrogen-bond acceptors (Lipinski definition) is 5. The van der Waals surface area contributed by atoms with Crippen molar-refractivity contribution >= 4 is 79.5 Å². The van der Waals surface area contributed by atoms with E-state index in [1.165, 1.54) is 18.4 Å². The molecule has 0 saturated heterocycles. The second kappa shape index (κ2) is 8.22. The van der Waals surface area contributed by atoms with E-state index in [2.05, 4.69) is 15.4 Å². The van der Waals surface area contributed by atoms with Crippen molar-refractivity contribution in [1.29, 1.82) is 0 Å². The van der Waals surface area contributed by atoms with E-state index in [4.69, 9.17) is 35.4 Å². The highest BCUT2D eigenvalue weighted by Crippen LogP contribution is 2.36. The topological polar surface area (TPSA) is 67.4 Å². The lowest BCUT2D eigenvalue weighted by molar-refractivity contribution is 0.0600.